The molecule has 0 aromatic heterocycles. The number of benzene rings is 2. The normalized spacial score (nSPS) is 17.0. The minimum Gasteiger partial charge on any atom is -0.338 e. The highest BCUT2D eigenvalue weighted by Crippen LogP contribution is 2.37. The van der Waals surface area contributed by atoms with Crippen molar-refractivity contribution in [2.45, 2.75) is 42.4 Å². The highest BCUT2D eigenvalue weighted by atomic mass is 32.2. The summed E-state index contributed by atoms with van der Waals surface area (Å²) in [7, 11) is -3.69. The predicted molar refractivity (Wildman–Crippen MR) is 119 cm³/mol. The Morgan fingerprint density at radius 3 is 2.57 bits per heavy atom. The average molecular weight is 447 g/mol. The van der Waals surface area contributed by atoms with Gasteiger partial charge in [-0.25, -0.2) is 8.42 Å². The first-order valence-corrected chi connectivity index (χ1v) is 12.4. The molecule has 0 saturated carbocycles. The van der Waals surface area contributed by atoms with E-state index in [1.165, 1.54) is 17.8 Å². The Hall–Kier alpha value is -2.32. The van der Waals surface area contributed by atoms with Crippen LogP contribution in [-0.4, -0.2) is 42.7 Å². The monoisotopic (exact) mass is 446 g/mol. The van der Waals surface area contributed by atoms with Gasteiger partial charge in [0.25, 0.3) is 0 Å². The largest absolute Gasteiger partial charge is 0.338 e. The van der Waals surface area contributed by atoms with Gasteiger partial charge in [0.05, 0.1) is 21.6 Å². The Kier molecular flexibility index (Phi) is 6.88. The van der Waals surface area contributed by atoms with Crippen LogP contribution < -0.4 is 5.32 Å². The van der Waals surface area contributed by atoms with E-state index in [-0.39, 0.29) is 27.7 Å². The molecular formula is C22H26N2O4S2. The second-order valence-electron chi connectivity index (χ2n) is 7.43. The number of fused-ring (bicyclic) bond motifs is 1. The van der Waals surface area contributed by atoms with Crippen molar-refractivity contribution in [2.24, 2.45) is 5.92 Å². The number of nitrogens with one attached hydrogen (secondary N) is 1. The Morgan fingerprint density at radius 2 is 1.90 bits per heavy atom. The molecule has 1 aliphatic rings. The number of amides is 2. The molecule has 160 valence electrons. The maximum atomic E-state index is 13.0. The SMILES string of the molecule is CCN(Cc1ccccc1)C(=O)C(C)CS(=O)(=O)c1ccc2c(c1)NC(=O)C(C)S2. The first-order valence-electron chi connectivity index (χ1n) is 9.88. The summed E-state index contributed by atoms with van der Waals surface area (Å²) in [5.41, 5.74) is 1.50. The number of nitrogens with zero attached hydrogens (tertiary/aromatic N) is 1. The van der Waals surface area contributed by atoms with Crippen LogP contribution in [0.1, 0.15) is 26.3 Å². The van der Waals surface area contributed by atoms with E-state index in [4.69, 9.17) is 0 Å². The van der Waals surface area contributed by atoms with E-state index in [1.54, 1.807) is 30.9 Å². The molecule has 0 aliphatic carbocycles. The summed E-state index contributed by atoms with van der Waals surface area (Å²) in [6.07, 6.45) is 0. The summed E-state index contributed by atoms with van der Waals surface area (Å²) >= 11 is 1.40. The standard InChI is InChI=1S/C22H26N2O4S2/c1-4-24(13-17-8-6-5-7-9-17)22(26)15(2)14-30(27,28)18-10-11-20-19(12-18)23-21(25)16(3)29-20/h5-12,15-16H,4,13-14H2,1-3H3,(H,23,25). The molecule has 0 radical (unpaired) electrons. The van der Waals surface area contributed by atoms with Gasteiger partial charge in [0.2, 0.25) is 11.8 Å². The summed E-state index contributed by atoms with van der Waals surface area (Å²) < 4.78 is 25.9. The van der Waals surface area contributed by atoms with Gasteiger partial charge in [-0.3, -0.25) is 9.59 Å². The summed E-state index contributed by atoms with van der Waals surface area (Å²) in [6.45, 7) is 6.27. The fourth-order valence-corrected chi connectivity index (χ4v) is 5.84. The number of hydrogen-bond donors (Lipinski definition) is 1. The van der Waals surface area contributed by atoms with Crippen LogP contribution in [0.3, 0.4) is 0 Å². The quantitative estimate of drug-likeness (QED) is 0.703. The lowest BCUT2D eigenvalue weighted by molar-refractivity contribution is -0.134. The number of hydrogen-bond acceptors (Lipinski definition) is 5. The van der Waals surface area contributed by atoms with Crippen molar-refractivity contribution in [2.75, 3.05) is 17.6 Å². The van der Waals surface area contributed by atoms with Crippen LogP contribution in [0, 0.1) is 5.92 Å². The second kappa shape index (κ2) is 9.22. The van der Waals surface area contributed by atoms with Crippen molar-refractivity contribution in [3.05, 3.63) is 54.1 Å². The third-order valence-corrected chi connectivity index (χ3v) is 8.13. The van der Waals surface area contributed by atoms with E-state index >= 15 is 0 Å². The van der Waals surface area contributed by atoms with E-state index < -0.39 is 15.8 Å². The first kappa shape index (κ1) is 22.4. The van der Waals surface area contributed by atoms with E-state index in [0.717, 1.165) is 10.5 Å². The molecule has 2 amide bonds. The van der Waals surface area contributed by atoms with Crippen LogP contribution in [0.25, 0.3) is 0 Å². The topological polar surface area (TPSA) is 83.6 Å². The third-order valence-electron chi connectivity index (χ3n) is 5.04. The fourth-order valence-electron chi connectivity index (χ4n) is 3.34. The van der Waals surface area contributed by atoms with Gasteiger partial charge in [-0.05, 0) is 37.6 Å². The van der Waals surface area contributed by atoms with E-state index in [0.29, 0.717) is 18.8 Å². The van der Waals surface area contributed by atoms with Gasteiger partial charge in [0.15, 0.2) is 9.84 Å². The summed E-state index contributed by atoms with van der Waals surface area (Å²) in [5.74, 6) is -1.31. The number of anilines is 1. The second-order valence-corrected chi connectivity index (χ2v) is 10.8. The predicted octanol–water partition coefficient (Wildman–Crippen LogP) is 3.58. The Morgan fingerprint density at radius 1 is 1.20 bits per heavy atom. The Labute approximate surface area is 182 Å². The number of thioether (sulfide) groups is 1. The van der Waals surface area contributed by atoms with Crippen LogP contribution in [-0.2, 0) is 26.0 Å². The van der Waals surface area contributed by atoms with Crippen LogP contribution >= 0.6 is 11.8 Å². The number of carbonyl (C=O) groups is 2. The van der Waals surface area contributed by atoms with E-state index in [2.05, 4.69) is 5.32 Å². The molecule has 1 heterocycles. The van der Waals surface area contributed by atoms with E-state index in [9.17, 15) is 18.0 Å². The zero-order valence-corrected chi connectivity index (χ0v) is 18.9. The molecule has 0 fully saturated rings. The summed E-state index contributed by atoms with van der Waals surface area (Å²) in [6, 6.07) is 14.4. The maximum absolute atomic E-state index is 13.0. The summed E-state index contributed by atoms with van der Waals surface area (Å²) in [4.78, 5) is 27.4. The molecule has 1 aliphatic heterocycles. The van der Waals surface area contributed by atoms with Gasteiger partial charge in [-0.2, -0.15) is 0 Å². The van der Waals surface area contributed by atoms with Crippen molar-refractivity contribution in [1.82, 2.24) is 4.90 Å². The van der Waals surface area contributed by atoms with Crippen LogP contribution in [0.5, 0.6) is 0 Å². The van der Waals surface area contributed by atoms with Gasteiger partial charge in [-0.1, -0.05) is 37.3 Å². The van der Waals surface area contributed by atoms with Gasteiger partial charge in [0.1, 0.15) is 0 Å². The van der Waals surface area contributed by atoms with Gasteiger partial charge in [0, 0.05) is 23.9 Å². The molecule has 0 bridgehead atoms. The molecule has 2 atom stereocenters. The molecule has 8 heteroatoms. The average Bonchev–Trinajstić information content (AvgIpc) is 2.72. The lowest BCUT2D eigenvalue weighted by Gasteiger charge is -2.25. The minimum absolute atomic E-state index is 0.113. The minimum atomic E-state index is -3.69. The molecule has 30 heavy (non-hydrogen) atoms. The molecule has 3 rings (SSSR count). The Balaban J connectivity index is 1.73. The number of rotatable bonds is 7. The molecule has 0 saturated heterocycles. The molecule has 2 aromatic carbocycles. The first-order chi connectivity index (χ1) is 14.2. The van der Waals surface area contributed by atoms with Crippen molar-refractivity contribution >= 4 is 39.1 Å². The van der Waals surface area contributed by atoms with Crippen LogP contribution in [0.2, 0.25) is 0 Å². The highest BCUT2D eigenvalue weighted by molar-refractivity contribution is 8.01. The highest BCUT2D eigenvalue weighted by Gasteiger charge is 2.29. The maximum Gasteiger partial charge on any atom is 0.237 e. The smallest absolute Gasteiger partial charge is 0.237 e. The molecule has 2 aromatic rings. The zero-order chi connectivity index (χ0) is 21.9. The van der Waals surface area contributed by atoms with Crippen molar-refractivity contribution in [3.63, 3.8) is 0 Å². The van der Waals surface area contributed by atoms with Crippen LogP contribution in [0.15, 0.2) is 58.3 Å². The molecule has 1 N–H and O–H groups in total. The van der Waals surface area contributed by atoms with Gasteiger partial charge >= 0.3 is 0 Å². The molecular weight excluding hydrogens is 420 g/mol. The molecule has 6 nitrogen and oxygen atoms in total. The molecule has 0 spiro atoms. The van der Waals surface area contributed by atoms with Crippen molar-refractivity contribution < 1.29 is 18.0 Å². The van der Waals surface area contributed by atoms with Gasteiger partial charge < -0.3 is 10.2 Å². The zero-order valence-electron chi connectivity index (χ0n) is 17.3. The van der Waals surface area contributed by atoms with Crippen LogP contribution in [0.4, 0.5) is 5.69 Å². The third kappa shape index (κ3) is 5.05. The lowest BCUT2D eigenvalue weighted by atomic mass is 10.1. The van der Waals surface area contributed by atoms with E-state index in [1.807, 2.05) is 37.3 Å². The Bertz CT molecular complexity index is 1040. The molecule has 2 unspecified atom stereocenters. The fraction of sp³-hybridized carbons (Fsp3) is 0.364. The summed E-state index contributed by atoms with van der Waals surface area (Å²) in [5, 5.41) is 2.53. The van der Waals surface area contributed by atoms with Crippen molar-refractivity contribution in [3.8, 4) is 0 Å². The van der Waals surface area contributed by atoms with Crippen molar-refractivity contribution in [1.29, 1.82) is 0 Å². The van der Waals surface area contributed by atoms with Gasteiger partial charge in [-0.15, -0.1) is 11.8 Å². The number of carbonyl (C=O) groups excluding carboxylic acids is 2. The number of sulfone groups is 1. The lowest BCUT2D eigenvalue weighted by Crippen LogP contribution is -2.37.